The molecule has 1 aromatic rings. The number of ketones is 1. The Labute approximate surface area is 141 Å². The second kappa shape index (κ2) is 6.32. The zero-order chi connectivity index (χ0) is 15.7. The minimum absolute atomic E-state index is 0.256. The molecule has 4 heteroatoms. The topological polar surface area (TPSA) is 29.5 Å². The van der Waals surface area contributed by atoms with E-state index in [4.69, 9.17) is 4.74 Å². The number of benzene rings is 1. The lowest BCUT2D eigenvalue weighted by Crippen LogP contribution is -2.50. The minimum Gasteiger partial charge on any atom is -0.491 e. The van der Waals surface area contributed by atoms with E-state index in [0.717, 1.165) is 47.4 Å². The highest BCUT2D eigenvalue weighted by molar-refractivity contribution is 9.10. The van der Waals surface area contributed by atoms with Crippen LogP contribution < -0.4 is 4.74 Å². The molecule has 0 N–H and O–H groups in total. The number of fused-ring (bicyclic) bond motifs is 1. The molecule has 0 spiro atoms. The van der Waals surface area contributed by atoms with Gasteiger partial charge in [-0.15, -0.1) is 0 Å². The SMILES string of the molecule is CC[C@]1(CN2CCCCC2)COc2c(Br)cc(C)cc2C1=O. The van der Waals surface area contributed by atoms with Gasteiger partial charge in [-0.25, -0.2) is 0 Å². The van der Waals surface area contributed by atoms with Crippen LogP contribution in [-0.4, -0.2) is 36.9 Å². The number of rotatable bonds is 3. The Morgan fingerprint density at radius 2 is 2.00 bits per heavy atom. The Morgan fingerprint density at radius 1 is 1.27 bits per heavy atom. The number of carbonyl (C=O) groups is 1. The number of Topliss-reactive ketones (excluding diaryl/α,β-unsaturated/α-hetero) is 1. The van der Waals surface area contributed by atoms with Gasteiger partial charge in [-0.1, -0.05) is 13.3 Å². The maximum Gasteiger partial charge on any atom is 0.177 e. The molecule has 2 aliphatic heterocycles. The van der Waals surface area contributed by atoms with Crippen molar-refractivity contribution in [3.8, 4) is 5.75 Å². The van der Waals surface area contributed by atoms with Gasteiger partial charge in [0.2, 0.25) is 0 Å². The van der Waals surface area contributed by atoms with Gasteiger partial charge < -0.3 is 9.64 Å². The van der Waals surface area contributed by atoms with Crippen molar-refractivity contribution in [2.45, 2.75) is 39.5 Å². The monoisotopic (exact) mass is 365 g/mol. The number of halogens is 1. The van der Waals surface area contributed by atoms with E-state index in [-0.39, 0.29) is 5.78 Å². The Balaban J connectivity index is 1.91. The molecule has 0 aliphatic carbocycles. The third-order valence-electron chi connectivity index (χ3n) is 5.06. The van der Waals surface area contributed by atoms with E-state index >= 15 is 0 Å². The highest BCUT2D eigenvalue weighted by Crippen LogP contribution is 2.42. The molecule has 0 saturated carbocycles. The summed E-state index contributed by atoms with van der Waals surface area (Å²) in [6, 6.07) is 3.98. The molecule has 1 atom stereocenters. The first kappa shape index (κ1) is 16.0. The maximum absolute atomic E-state index is 13.2. The molecule has 1 fully saturated rings. The van der Waals surface area contributed by atoms with Crippen LogP contribution >= 0.6 is 15.9 Å². The summed E-state index contributed by atoms with van der Waals surface area (Å²) in [5.41, 5.74) is 1.45. The van der Waals surface area contributed by atoms with Crippen LogP contribution in [0, 0.1) is 12.3 Å². The van der Waals surface area contributed by atoms with Gasteiger partial charge in [0.05, 0.1) is 15.5 Å². The molecule has 120 valence electrons. The number of hydrogen-bond acceptors (Lipinski definition) is 3. The van der Waals surface area contributed by atoms with Crippen LogP contribution in [0.25, 0.3) is 0 Å². The average molecular weight is 366 g/mol. The molecule has 0 unspecified atom stereocenters. The van der Waals surface area contributed by atoms with Crippen molar-refractivity contribution in [2.75, 3.05) is 26.2 Å². The molecular weight excluding hydrogens is 342 g/mol. The molecule has 2 aliphatic rings. The first-order chi connectivity index (χ1) is 10.6. The number of ether oxygens (including phenoxy) is 1. The Bertz CT molecular complexity index is 581. The van der Waals surface area contributed by atoms with E-state index in [2.05, 4.69) is 27.8 Å². The van der Waals surface area contributed by atoms with Gasteiger partial charge in [-0.3, -0.25) is 4.79 Å². The van der Waals surface area contributed by atoms with Crippen molar-refractivity contribution >= 4 is 21.7 Å². The fraction of sp³-hybridized carbons (Fsp3) is 0.611. The van der Waals surface area contributed by atoms with Crippen molar-refractivity contribution < 1.29 is 9.53 Å². The minimum atomic E-state index is -0.391. The van der Waals surface area contributed by atoms with Crippen LogP contribution in [0.4, 0.5) is 0 Å². The normalized spacial score (nSPS) is 25.7. The molecule has 1 saturated heterocycles. The summed E-state index contributed by atoms with van der Waals surface area (Å²) in [6.07, 6.45) is 4.63. The summed E-state index contributed by atoms with van der Waals surface area (Å²) >= 11 is 3.53. The number of hydrogen-bond donors (Lipinski definition) is 0. The Morgan fingerprint density at radius 3 is 2.68 bits per heavy atom. The number of likely N-dealkylation sites (tertiary alicyclic amines) is 1. The summed E-state index contributed by atoms with van der Waals surface area (Å²) in [5.74, 6) is 0.976. The van der Waals surface area contributed by atoms with E-state index in [1.54, 1.807) is 0 Å². The van der Waals surface area contributed by atoms with Crippen molar-refractivity contribution in [1.82, 2.24) is 4.90 Å². The second-order valence-corrected chi connectivity index (χ2v) is 7.57. The average Bonchev–Trinajstić information content (AvgIpc) is 2.51. The first-order valence-electron chi connectivity index (χ1n) is 8.26. The van der Waals surface area contributed by atoms with E-state index in [0.29, 0.717) is 6.61 Å². The van der Waals surface area contributed by atoms with Gasteiger partial charge in [0.15, 0.2) is 5.78 Å². The Hall–Kier alpha value is -0.870. The zero-order valence-corrected chi connectivity index (χ0v) is 15.0. The summed E-state index contributed by atoms with van der Waals surface area (Å²) in [4.78, 5) is 15.7. The van der Waals surface area contributed by atoms with Gasteiger partial charge in [0.1, 0.15) is 12.4 Å². The molecule has 0 bridgehead atoms. The third kappa shape index (κ3) is 2.83. The van der Waals surface area contributed by atoms with Crippen LogP contribution in [-0.2, 0) is 0 Å². The van der Waals surface area contributed by atoms with Gasteiger partial charge in [0, 0.05) is 6.54 Å². The van der Waals surface area contributed by atoms with E-state index in [1.165, 1.54) is 19.3 Å². The number of nitrogens with zero attached hydrogens (tertiary/aromatic N) is 1. The van der Waals surface area contributed by atoms with E-state index in [9.17, 15) is 4.79 Å². The molecule has 2 heterocycles. The molecule has 3 nitrogen and oxygen atoms in total. The third-order valence-corrected chi connectivity index (χ3v) is 5.65. The van der Waals surface area contributed by atoms with Crippen LogP contribution in [0.2, 0.25) is 0 Å². The number of carbonyl (C=O) groups excluding carboxylic acids is 1. The molecule has 0 radical (unpaired) electrons. The van der Waals surface area contributed by atoms with Crippen molar-refractivity contribution in [2.24, 2.45) is 5.41 Å². The predicted molar refractivity (Wildman–Crippen MR) is 91.7 cm³/mol. The predicted octanol–water partition coefficient (Wildman–Crippen LogP) is 4.21. The van der Waals surface area contributed by atoms with Gasteiger partial charge >= 0.3 is 0 Å². The smallest absolute Gasteiger partial charge is 0.177 e. The molecule has 0 amide bonds. The molecule has 22 heavy (non-hydrogen) atoms. The number of piperidine rings is 1. The summed E-state index contributed by atoms with van der Waals surface area (Å²) in [6.45, 7) is 7.67. The summed E-state index contributed by atoms with van der Waals surface area (Å²) in [7, 11) is 0. The van der Waals surface area contributed by atoms with Crippen molar-refractivity contribution in [3.63, 3.8) is 0 Å². The molecule has 0 aromatic heterocycles. The van der Waals surface area contributed by atoms with Crippen LogP contribution in [0.5, 0.6) is 5.75 Å². The van der Waals surface area contributed by atoms with Crippen LogP contribution in [0.15, 0.2) is 16.6 Å². The summed E-state index contributed by atoms with van der Waals surface area (Å²) in [5, 5.41) is 0. The Kier molecular flexibility index (Phi) is 4.60. The first-order valence-corrected chi connectivity index (χ1v) is 9.05. The van der Waals surface area contributed by atoms with Gasteiger partial charge in [-0.05, 0) is 72.9 Å². The maximum atomic E-state index is 13.2. The van der Waals surface area contributed by atoms with E-state index < -0.39 is 5.41 Å². The van der Waals surface area contributed by atoms with Gasteiger partial charge in [-0.2, -0.15) is 0 Å². The zero-order valence-electron chi connectivity index (χ0n) is 13.5. The number of aryl methyl sites for hydroxylation is 1. The fourth-order valence-electron chi connectivity index (χ4n) is 3.64. The second-order valence-electron chi connectivity index (χ2n) is 6.71. The van der Waals surface area contributed by atoms with Gasteiger partial charge in [0.25, 0.3) is 0 Å². The molecule has 1 aromatic carbocycles. The largest absolute Gasteiger partial charge is 0.491 e. The van der Waals surface area contributed by atoms with Crippen molar-refractivity contribution in [3.05, 3.63) is 27.7 Å². The molecule has 3 rings (SSSR count). The van der Waals surface area contributed by atoms with Crippen molar-refractivity contribution in [1.29, 1.82) is 0 Å². The highest BCUT2D eigenvalue weighted by Gasteiger charge is 2.44. The lowest BCUT2D eigenvalue weighted by atomic mass is 9.76. The van der Waals surface area contributed by atoms with E-state index in [1.807, 2.05) is 19.1 Å². The van der Waals surface area contributed by atoms with Crippen LogP contribution in [0.1, 0.15) is 48.5 Å². The molecular formula is C18H24BrNO2. The fourth-order valence-corrected chi connectivity index (χ4v) is 4.33. The summed E-state index contributed by atoms with van der Waals surface area (Å²) < 4.78 is 6.92. The standard InChI is InChI=1S/C18H24BrNO2/c1-3-18(11-20-7-5-4-6-8-20)12-22-16-14(17(18)21)9-13(2)10-15(16)19/h9-10H,3-8,11-12H2,1-2H3/t18-/m0/s1. The quantitative estimate of drug-likeness (QED) is 0.803. The highest BCUT2D eigenvalue weighted by atomic mass is 79.9. The lowest BCUT2D eigenvalue weighted by molar-refractivity contribution is 0.0414. The van der Waals surface area contributed by atoms with Crippen LogP contribution in [0.3, 0.4) is 0 Å². The lowest BCUT2D eigenvalue weighted by Gasteiger charge is -2.40.